The Hall–Kier alpha value is -1.77. The third kappa shape index (κ3) is 4.69. The molecule has 1 aliphatic rings. The Morgan fingerprint density at radius 2 is 1.92 bits per heavy atom. The van der Waals surface area contributed by atoms with E-state index in [4.69, 9.17) is 5.73 Å². The van der Waals surface area contributed by atoms with E-state index in [1.165, 1.54) is 23.5 Å². The van der Waals surface area contributed by atoms with Crippen molar-refractivity contribution < 1.29 is 22.7 Å². The minimum absolute atomic E-state index is 0. The summed E-state index contributed by atoms with van der Waals surface area (Å²) in [6, 6.07) is 9.22. The summed E-state index contributed by atoms with van der Waals surface area (Å²) in [5, 5.41) is 0. The molecule has 2 N–H and O–H groups in total. The van der Waals surface area contributed by atoms with Crippen LogP contribution in [0.4, 0.5) is 13.2 Å². The molecule has 1 amide bonds. The summed E-state index contributed by atoms with van der Waals surface area (Å²) in [5.41, 5.74) is 6.44. The SMILES string of the molecule is Cl.NCC1CCCN1C(=O)c1ccc(-c2ccc(OC(F)(F)F)cc2)s1. The summed E-state index contributed by atoms with van der Waals surface area (Å²) in [4.78, 5) is 15.8. The molecule has 2 aromatic rings. The van der Waals surface area contributed by atoms with Crippen LogP contribution in [-0.2, 0) is 0 Å². The summed E-state index contributed by atoms with van der Waals surface area (Å²) >= 11 is 1.32. The van der Waals surface area contributed by atoms with E-state index < -0.39 is 6.36 Å². The van der Waals surface area contributed by atoms with Gasteiger partial charge in [-0.2, -0.15) is 0 Å². The highest BCUT2D eigenvalue weighted by atomic mass is 35.5. The number of rotatable bonds is 4. The molecule has 4 nitrogen and oxygen atoms in total. The van der Waals surface area contributed by atoms with Gasteiger partial charge in [0, 0.05) is 24.0 Å². The zero-order valence-corrected chi connectivity index (χ0v) is 15.3. The maximum absolute atomic E-state index is 12.6. The molecular formula is C17H18ClF3N2O2S. The molecule has 2 heterocycles. The highest BCUT2D eigenvalue weighted by molar-refractivity contribution is 7.17. The molecule has 0 aliphatic carbocycles. The van der Waals surface area contributed by atoms with Crippen LogP contribution < -0.4 is 10.5 Å². The maximum Gasteiger partial charge on any atom is 0.573 e. The van der Waals surface area contributed by atoms with Crippen LogP contribution in [0.1, 0.15) is 22.5 Å². The number of benzene rings is 1. The van der Waals surface area contributed by atoms with Crippen LogP contribution in [0, 0.1) is 0 Å². The van der Waals surface area contributed by atoms with E-state index in [0.29, 0.717) is 18.0 Å². The third-order valence-electron chi connectivity index (χ3n) is 4.10. The van der Waals surface area contributed by atoms with Crippen molar-refractivity contribution >= 4 is 29.7 Å². The first-order valence-electron chi connectivity index (χ1n) is 7.84. The number of nitrogens with zero attached hydrogens (tertiary/aromatic N) is 1. The van der Waals surface area contributed by atoms with Crippen molar-refractivity contribution in [2.75, 3.05) is 13.1 Å². The topological polar surface area (TPSA) is 55.6 Å². The lowest BCUT2D eigenvalue weighted by molar-refractivity contribution is -0.274. The van der Waals surface area contributed by atoms with Gasteiger partial charge in [-0.15, -0.1) is 36.9 Å². The molecule has 0 spiro atoms. The standard InChI is InChI=1S/C17H17F3N2O2S.ClH/c18-17(19,20)24-13-5-3-11(4-6-13)14-7-8-15(25-14)16(23)22-9-1-2-12(22)10-21;/h3-8,12H,1-2,9-10,21H2;1H. The van der Waals surface area contributed by atoms with Crippen molar-refractivity contribution in [2.24, 2.45) is 5.73 Å². The number of ether oxygens (including phenoxy) is 1. The van der Waals surface area contributed by atoms with Gasteiger partial charge < -0.3 is 15.4 Å². The van der Waals surface area contributed by atoms with Crippen LogP contribution in [-0.4, -0.2) is 36.3 Å². The Kier molecular flexibility index (Phi) is 6.54. The average Bonchev–Trinajstić information content (AvgIpc) is 3.22. The van der Waals surface area contributed by atoms with Gasteiger partial charge >= 0.3 is 6.36 Å². The maximum atomic E-state index is 12.6. The Morgan fingerprint density at radius 3 is 2.54 bits per heavy atom. The lowest BCUT2D eigenvalue weighted by Gasteiger charge is -2.22. The fraction of sp³-hybridized carbons (Fsp3) is 0.353. The number of thiophene rings is 1. The number of alkyl halides is 3. The molecule has 3 rings (SSSR count). The van der Waals surface area contributed by atoms with E-state index in [9.17, 15) is 18.0 Å². The molecule has 9 heteroatoms. The third-order valence-corrected chi connectivity index (χ3v) is 5.22. The summed E-state index contributed by atoms with van der Waals surface area (Å²) < 4.78 is 40.4. The lowest BCUT2D eigenvalue weighted by atomic mass is 10.2. The van der Waals surface area contributed by atoms with Crippen LogP contribution in [0.25, 0.3) is 10.4 Å². The molecule has 1 unspecified atom stereocenters. The molecule has 0 radical (unpaired) electrons. The van der Waals surface area contributed by atoms with E-state index in [0.717, 1.165) is 23.3 Å². The molecule has 142 valence electrons. The van der Waals surface area contributed by atoms with E-state index >= 15 is 0 Å². The Morgan fingerprint density at radius 1 is 1.23 bits per heavy atom. The van der Waals surface area contributed by atoms with Gasteiger partial charge in [-0.05, 0) is 54.8 Å². The normalized spacial score (nSPS) is 17.1. The zero-order valence-electron chi connectivity index (χ0n) is 13.7. The minimum atomic E-state index is -4.71. The van der Waals surface area contributed by atoms with Crippen molar-refractivity contribution in [3.8, 4) is 16.2 Å². The van der Waals surface area contributed by atoms with Gasteiger partial charge in [0.25, 0.3) is 5.91 Å². The van der Waals surface area contributed by atoms with Gasteiger partial charge in [-0.1, -0.05) is 0 Å². The van der Waals surface area contributed by atoms with Gasteiger partial charge in [0.15, 0.2) is 0 Å². The fourth-order valence-corrected chi connectivity index (χ4v) is 3.89. The second-order valence-corrected chi connectivity index (χ2v) is 6.85. The van der Waals surface area contributed by atoms with Gasteiger partial charge in [0.2, 0.25) is 0 Å². The van der Waals surface area contributed by atoms with Crippen LogP contribution in [0.3, 0.4) is 0 Å². The molecule has 1 saturated heterocycles. The number of carbonyl (C=O) groups is 1. The Balaban J connectivity index is 0.00000243. The molecule has 1 aromatic carbocycles. The molecular weight excluding hydrogens is 389 g/mol. The van der Waals surface area contributed by atoms with E-state index in [1.54, 1.807) is 29.2 Å². The Labute approximate surface area is 159 Å². The predicted molar refractivity (Wildman–Crippen MR) is 96.8 cm³/mol. The fourth-order valence-electron chi connectivity index (χ4n) is 2.92. The van der Waals surface area contributed by atoms with Gasteiger partial charge in [-0.3, -0.25) is 4.79 Å². The number of halogens is 4. The molecule has 1 atom stereocenters. The smallest absolute Gasteiger partial charge is 0.406 e. The first-order valence-corrected chi connectivity index (χ1v) is 8.66. The van der Waals surface area contributed by atoms with E-state index in [2.05, 4.69) is 4.74 Å². The molecule has 0 bridgehead atoms. The van der Waals surface area contributed by atoms with Crippen molar-refractivity contribution in [1.29, 1.82) is 0 Å². The molecule has 0 saturated carbocycles. The van der Waals surface area contributed by atoms with Crippen molar-refractivity contribution in [3.63, 3.8) is 0 Å². The number of nitrogens with two attached hydrogens (primary N) is 1. The second-order valence-electron chi connectivity index (χ2n) is 5.77. The number of hydrogen-bond donors (Lipinski definition) is 1. The quantitative estimate of drug-likeness (QED) is 0.823. The van der Waals surface area contributed by atoms with Crippen LogP contribution in [0.15, 0.2) is 36.4 Å². The van der Waals surface area contributed by atoms with Crippen molar-refractivity contribution in [2.45, 2.75) is 25.2 Å². The molecule has 1 aromatic heterocycles. The van der Waals surface area contributed by atoms with Crippen LogP contribution in [0.2, 0.25) is 0 Å². The number of amides is 1. The highest BCUT2D eigenvalue weighted by Crippen LogP contribution is 2.32. The number of likely N-dealkylation sites (tertiary alicyclic amines) is 1. The van der Waals surface area contributed by atoms with E-state index in [-0.39, 0.29) is 30.1 Å². The highest BCUT2D eigenvalue weighted by Gasteiger charge is 2.31. The Bertz CT molecular complexity index is 749. The zero-order chi connectivity index (χ0) is 18.0. The molecule has 26 heavy (non-hydrogen) atoms. The summed E-state index contributed by atoms with van der Waals surface area (Å²) in [6.07, 6.45) is -2.84. The van der Waals surface area contributed by atoms with Crippen LogP contribution >= 0.6 is 23.7 Å². The summed E-state index contributed by atoms with van der Waals surface area (Å²) in [7, 11) is 0. The number of carbonyl (C=O) groups excluding carboxylic acids is 1. The summed E-state index contributed by atoms with van der Waals surface area (Å²) in [5.74, 6) is -0.312. The molecule has 1 aliphatic heterocycles. The van der Waals surface area contributed by atoms with Gasteiger partial charge in [0.1, 0.15) is 5.75 Å². The van der Waals surface area contributed by atoms with Crippen molar-refractivity contribution in [3.05, 3.63) is 41.3 Å². The number of hydrogen-bond acceptors (Lipinski definition) is 4. The average molecular weight is 407 g/mol. The lowest BCUT2D eigenvalue weighted by Crippen LogP contribution is -2.39. The first-order chi connectivity index (χ1) is 11.9. The summed E-state index contributed by atoms with van der Waals surface area (Å²) in [6.45, 7) is 1.15. The minimum Gasteiger partial charge on any atom is -0.406 e. The van der Waals surface area contributed by atoms with Gasteiger partial charge in [-0.25, -0.2) is 0 Å². The van der Waals surface area contributed by atoms with E-state index in [1.807, 2.05) is 0 Å². The predicted octanol–water partition coefficient (Wildman–Crippen LogP) is 4.30. The molecule has 1 fully saturated rings. The first kappa shape index (κ1) is 20.5. The van der Waals surface area contributed by atoms with Crippen molar-refractivity contribution in [1.82, 2.24) is 4.90 Å². The van der Waals surface area contributed by atoms with Gasteiger partial charge in [0.05, 0.1) is 4.88 Å². The largest absolute Gasteiger partial charge is 0.573 e. The second kappa shape index (κ2) is 8.28. The van der Waals surface area contributed by atoms with Crippen LogP contribution in [0.5, 0.6) is 5.75 Å². The monoisotopic (exact) mass is 406 g/mol.